The van der Waals surface area contributed by atoms with Crippen LogP contribution in [0.25, 0.3) is 0 Å². The van der Waals surface area contributed by atoms with Crippen LogP contribution in [0.15, 0.2) is 30.3 Å². The molecule has 0 saturated heterocycles. The molecule has 0 aliphatic heterocycles. The fourth-order valence-corrected chi connectivity index (χ4v) is 4.19. The van der Waals surface area contributed by atoms with Crippen molar-refractivity contribution >= 4 is 8.80 Å². The molecule has 0 amide bonds. The fraction of sp³-hybridized carbons (Fsp3) is 0.600. The number of rotatable bonds is 11. The molecule has 5 nitrogen and oxygen atoms in total. The molecule has 6 heteroatoms. The molecule has 0 heterocycles. The van der Waals surface area contributed by atoms with Crippen LogP contribution in [0.4, 0.5) is 0 Å². The van der Waals surface area contributed by atoms with Gasteiger partial charge in [0, 0.05) is 26.8 Å². The van der Waals surface area contributed by atoms with Crippen molar-refractivity contribution < 1.29 is 13.3 Å². The van der Waals surface area contributed by atoms with Gasteiger partial charge in [-0.05, 0) is 18.5 Å². The summed E-state index contributed by atoms with van der Waals surface area (Å²) in [6, 6.07) is 11.1. The molecule has 1 atom stereocenters. The molecule has 120 valence electrons. The highest BCUT2D eigenvalue weighted by Gasteiger charge is 2.39. The van der Waals surface area contributed by atoms with E-state index in [0.717, 1.165) is 32.0 Å². The summed E-state index contributed by atoms with van der Waals surface area (Å²) in [5.41, 5.74) is 7.29. The van der Waals surface area contributed by atoms with Gasteiger partial charge in [-0.25, -0.2) is 0 Å². The second-order valence-corrected chi connectivity index (χ2v) is 7.87. The largest absolute Gasteiger partial charge is 0.501 e. The van der Waals surface area contributed by atoms with E-state index in [1.807, 2.05) is 18.2 Å². The summed E-state index contributed by atoms with van der Waals surface area (Å²) in [5.74, 6) is 0. The Morgan fingerprint density at radius 2 is 1.86 bits per heavy atom. The maximum atomic E-state index is 6.03. The third kappa shape index (κ3) is 6.69. The Bertz CT molecular complexity index is 374. The maximum absolute atomic E-state index is 6.03. The molecule has 0 aliphatic carbocycles. The summed E-state index contributed by atoms with van der Waals surface area (Å²) in [6.07, 6.45) is 1.30. The molecule has 3 N–H and O–H groups in total. The van der Waals surface area contributed by atoms with E-state index in [1.165, 1.54) is 5.56 Å². The first-order valence-electron chi connectivity index (χ1n) is 7.44. The van der Waals surface area contributed by atoms with Gasteiger partial charge in [0.2, 0.25) is 0 Å². The van der Waals surface area contributed by atoms with E-state index in [4.69, 9.17) is 19.0 Å². The van der Waals surface area contributed by atoms with Crippen LogP contribution in [0.5, 0.6) is 0 Å². The van der Waals surface area contributed by atoms with Crippen LogP contribution in [0.1, 0.15) is 25.3 Å². The minimum absolute atomic E-state index is 0.369. The molecule has 0 bridgehead atoms. The predicted molar refractivity (Wildman–Crippen MR) is 86.7 cm³/mol. The second-order valence-electron chi connectivity index (χ2n) is 4.95. The summed E-state index contributed by atoms with van der Waals surface area (Å²) >= 11 is 0. The van der Waals surface area contributed by atoms with Crippen molar-refractivity contribution in [2.75, 3.05) is 20.8 Å². The predicted octanol–water partition coefficient (Wildman–Crippen LogP) is 2.11. The van der Waals surface area contributed by atoms with Crippen molar-refractivity contribution in [2.45, 2.75) is 38.6 Å². The average Bonchev–Trinajstić information content (AvgIpc) is 2.52. The Morgan fingerprint density at radius 3 is 2.43 bits per heavy atom. The summed E-state index contributed by atoms with van der Waals surface area (Å²) < 4.78 is 16.8. The topological polar surface area (TPSA) is 65.7 Å². The highest BCUT2D eigenvalue weighted by molar-refractivity contribution is 6.60. The summed E-state index contributed by atoms with van der Waals surface area (Å²) in [7, 11) is 0.678. The number of nitrogens with one attached hydrogen (secondary N) is 1. The first kappa shape index (κ1) is 18.3. The summed E-state index contributed by atoms with van der Waals surface area (Å²) in [4.78, 5) is 0. The molecule has 0 fully saturated rings. The Balaban J connectivity index is 2.28. The number of nitrogens with two attached hydrogens (primary N) is 1. The van der Waals surface area contributed by atoms with E-state index in [2.05, 4.69) is 24.4 Å². The molecule has 0 saturated carbocycles. The Kier molecular flexibility index (Phi) is 8.75. The van der Waals surface area contributed by atoms with Gasteiger partial charge < -0.3 is 24.3 Å². The zero-order valence-corrected chi connectivity index (χ0v) is 14.3. The second kappa shape index (κ2) is 10.0. The minimum Gasteiger partial charge on any atom is -0.377 e. The van der Waals surface area contributed by atoms with E-state index in [-0.39, 0.29) is 6.23 Å². The first-order chi connectivity index (χ1) is 10.2. The van der Waals surface area contributed by atoms with Crippen molar-refractivity contribution in [3.05, 3.63) is 35.9 Å². The molecule has 0 spiro atoms. The summed E-state index contributed by atoms with van der Waals surface area (Å²) in [6.45, 7) is 3.70. The molecule has 0 aromatic heterocycles. The molecule has 1 aromatic carbocycles. The van der Waals surface area contributed by atoms with E-state index < -0.39 is 8.80 Å². The third-order valence-corrected chi connectivity index (χ3v) is 6.30. The number of hydrogen-bond acceptors (Lipinski definition) is 5. The molecule has 1 unspecified atom stereocenters. The quantitative estimate of drug-likeness (QED) is 0.372. The van der Waals surface area contributed by atoms with Gasteiger partial charge in [-0.1, -0.05) is 43.7 Å². The van der Waals surface area contributed by atoms with Crippen molar-refractivity contribution in [1.29, 1.82) is 0 Å². The smallest absolute Gasteiger partial charge is 0.377 e. The molecular formula is C15H28N2O3Si. The van der Waals surface area contributed by atoms with Crippen LogP contribution in [0.3, 0.4) is 0 Å². The minimum atomic E-state index is -2.58. The van der Waals surface area contributed by atoms with Crippen LogP contribution in [-0.4, -0.2) is 35.8 Å². The fourth-order valence-electron chi connectivity index (χ4n) is 2.11. The van der Waals surface area contributed by atoms with Gasteiger partial charge in [-0.2, -0.15) is 0 Å². The van der Waals surface area contributed by atoms with Gasteiger partial charge >= 0.3 is 8.80 Å². The highest BCUT2D eigenvalue weighted by Crippen LogP contribution is 2.17. The van der Waals surface area contributed by atoms with Gasteiger partial charge in [0.1, 0.15) is 0 Å². The SMILES string of the molecule is CCC[Si](OC)(OC)OC(N)CCNCc1ccccc1. The molecular weight excluding hydrogens is 284 g/mol. The van der Waals surface area contributed by atoms with Crippen molar-refractivity contribution in [2.24, 2.45) is 5.73 Å². The Morgan fingerprint density at radius 1 is 1.19 bits per heavy atom. The molecule has 0 aliphatic rings. The normalized spacial score (nSPS) is 13.3. The number of hydrogen-bond donors (Lipinski definition) is 2. The first-order valence-corrected chi connectivity index (χ1v) is 9.37. The van der Waals surface area contributed by atoms with E-state index >= 15 is 0 Å². The highest BCUT2D eigenvalue weighted by atomic mass is 28.4. The lowest BCUT2D eigenvalue weighted by Gasteiger charge is -2.29. The van der Waals surface area contributed by atoms with Gasteiger partial charge in [0.15, 0.2) is 0 Å². The van der Waals surface area contributed by atoms with E-state index in [9.17, 15) is 0 Å². The van der Waals surface area contributed by atoms with Crippen LogP contribution in [-0.2, 0) is 19.8 Å². The van der Waals surface area contributed by atoms with Crippen LogP contribution >= 0.6 is 0 Å². The van der Waals surface area contributed by atoms with Crippen LogP contribution < -0.4 is 11.1 Å². The van der Waals surface area contributed by atoms with Gasteiger partial charge in [-0.3, -0.25) is 0 Å². The van der Waals surface area contributed by atoms with Crippen molar-refractivity contribution in [1.82, 2.24) is 5.32 Å². The average molecular weight is 312 g/mol. The monoisotopic (exact) mass is 312 g/mol. The van der Waals surface area contributed by atoms with Crippen molar-refractivity contribution in [3.63, 3.8) is 0 Å². The zero-order chi connectivity index (χ0) is 15.6. The lowest BCUT2D eigenvalue weighted by molar-refractivity contribution is 0.0538. The Labute approximate surface area is 129 Å². The van der Waals surface area contributed by atoms with Crippen LogP contribution in [0.2, 0.25) is 6.04 Å². The van der Waals surface area contributed by atoms with E-state index in [0.29, 0.717) is 0 Å². The summed E-state index contributed by atoms with van der Waals surface area (Å²) in [5, 5.41) is 3.36. The van der Waals surface area contributed by atoms with Gasteiger partial charge in [0.25, 0.3) is 0 Å². The van der Waals surface area contributed by atoms with Crippen molar-refractivity contribution in [3.8, 4) is 0 Å². The number of benzene rings is 1. The van der Waals surface area contributed by atoms with E-state index in [1.54, 1.807) is 14.2 Å². The maximum Gasteiger partial charge on any atom is 0.501 e. The molecule has 21 heavy (non-hydrogen) atoms. The molecule has 1 aromatic rings. The van der Waals surface area contributed by atoms with Gasteiger partial charge in [-0.15, -0.1) is 0 Å². The van der Waals surface area contributed by atoms with Crippen LogP contribution in [0, 0.1) is 0 Å². The standard InChI is InChI=1S/C15H28N2O3Si/c1-4-12-21(18-2,19-3)20-15(16)10-11-17-13-14-8-6-5-7-9-14/h5-9,15,17H,4,10-13,16H2,1-3H3. The lowest BCUT2D eigenvalue weighted by Crippen LogP contribution is -2.49. The lowest BCUT2D eigenvalue weighted by atomic mass is 10.2. The Hall–Kier alpha value is -0.763. The molecule has 0 radical (unpaired) electrons. The molecule has 1 rings (SSSR count). The van der Waals surface area contributed by atoms with Gasteiger partial charge in [0.05, 0.1) is 6.23 Å². The zero-order valence-electron chi connectivity index (χ0n) is 13.3. The third-order valence-electron chi connectivity index (χ3n) is 3.29.